The molecule has 0 aliphatic carbocycles. The van der Waals surface area contributed by atoms with Gasteiger partial charge in [0.1, 0.15) is 5.82 Å². The number of imidazole rings is 1. The summed E-state index contributed by atoms with van der Waals surface area (Å²) in [6.45, 7) is 10.2. The van der Waals surface area contributed by atoms with Crippen molar-refractivity contribution in [3.63, 3.8) is 0 Å². The van der Waals surface area contributed by atoms with Crippen LogP contribution in [0.1, 0.15) is 57.8 Å². The highest BCUT2D eigenvalue weighted by molar-refractivity contribution is 5.77. The Morgan fingerprint density at radius 2 is 1.95 bits per heavy atom. The van der Waals surface area contributed by atoms with Crippen LogP contribution in [0, 0.1) is 5.92 Å². The van der Waals surface area contributed by atoms with Gasteiger partial charge in [-0.25, -0.2) is 4.98 Å². The number of benzene rings is 1. The molecule has 1 aromatic carbocycles. The smallest absolute Gasteiger partial charge is 0.109 e. The van der Waals surface area contributed by atoms with E-state index in [0.717, 1.165) is 37.1 Å². The molecule has 0 fully saturated rings. The molecule has 0 unspecified atom stereocenters. The Morgan fingerprint density at radius 1 is 1.19 bits per heavy atom. The molecular weight excluding hydrogens is 260 g/mol. The second-order valence-corrected chi connectivity index (χ2v) is 6.59. The molecule has 1 N–H and O–H groups in total. The zero-order valence-corrected chi connectivity index (χ0v) is 13.8. The first-order valence-electron chi connectivity index (χ1n) is 8.12. The number of aliphatic hydroxyl groups is 1. The van der Waals surface area contributed by atoms with Gasteiger partial charge in [0.2, 0.25) is 0 Å². The van der Waals surface area contributed by atoms with Gasteiger partial charge in [0.15, 0.2) is 0 Å². The lowest BCUT2D eigenvalue weighted by molar-refractivity contribution is 0.286. The molecule has 0 saturated heterocycles. The van der Waals surface area contributed by atoms with Crippen LogP contribution in [0.15, 0.2) is 18.2 Å². The minimum atomic E-state index is 0.227. The van der Waals surface area contributed by atoms with E-state index in [2.05, 4.69) is 50.5 Å². The van der Waals surface area contributed by atoms with E-state index in [1.807, 2.05) is 0 Å². The highest BCUT2D eigenvalue weighted by atomic mass is 16.2. The van der Waals surface area contributed by atoms with Crippen LogP contribution in [0.25, 0.3) is 11.0 Å². The summed E-state index contributed by atoms with van der Waals surface area (Å²) in [4.78, 5) is 4.82. The van der Waals surface area contributed by atoms with E-state index in [1.165, 1.54) is 11.1 Å². The van der Waals surface area contributed by atoms with Crippen molar-refractivity contribution in [2.45, 2.75) is 59.4 Å². The molecule has 0 atom stereocenters. The quantitative estimate of drug-likeness (QED) is 0.832. The zero-order chi connectivity index (χ0) is 15.4. The maximum Gasteiger partial charge on any atom is 0.109 e. The first-order chi connectivity index (χ1) is 10.0. The fourth-order valence-electron chi connectivity index (χ4n) is 2.62. The molecule has 0 bridgehead atoms. The number of hydrogen-bond acceptors (Lipinski definition) is 2. The molecule has 1 heterocycles. The summed E-state index contributed by atoms with van der Waals surface area (Å²) < 4.78 is 2.34. The van der Waals surface area contributed by atoms with E-state index in [0.29, 0.717) is 11.8 Å². The summed E-state index contributed by atoms with van der Waals surface area (Å²) in [6.07, 6.45) is 2.78. The van der Waals surface area contributed by atoms with E-state index in [9.17, 15) is 0 Å². The monoisotopic (exact) mass is 288 g/mol. The number of rotatable bonds is 7. The Hall–Kier alpha value is -1.35. The summed E-state index contributed by atoms with van der Waals surface area (Å²) in [5, 5.41) is 9.09. The Morgan fingerprint density at radius 3 is 2.57 bits per heavy atom. The predicted molar refractivity (Wildman–Crippen MR) is 88.7 cm³/mol. The summed E-state index contributed by atoms with van der Waals surface area (Å²) in [5.74, 6) is 2.32. The van der Waals surface area contributed by atoms with Gasteiger partial charge in [-0.2, -0.15) is 0 Å². The molecule has 0 radical (unpaired) electrons. The summed E-state index contributed by atoms with van der Waals surface area (Å²) in [7, 11) is 0. The fraction of sp³-hybridized carbons (Fsp3) is 0.611. The standard InChI is InChI=1S/C18H28N2O/c1-13(2)9-10-20-17-8-7-15(14(3)4)12-16(17)19-18(20)6-5-11-21/h7-8,12-14,21H,5-6,9-11H2,1-4H3. The summed E-state index contributed by atoms with van der Waals surface area (Å²) in [5.41, 5.74) is 3.66. The van der Waals surface area contributed by atoms with E-state index >= 15 is 0 Å². The Balaban J connectivity index is 2.39. The molecule has 0 aliphatic rings. The van der Waals surface area contributed by atoms with Gasteiger partial charge >= 0.3 is 0 Å². The molecule has 116 valence electrons. The maximum absolute atomic E-state index is 9.09. The first-order valence-corrected chi connectivity index (χ1v) is 8.12. The van der Waals surface area contributed by atoms with E-state index in [4.69, 9.17) is 10.1 Å². The molecule has 21 heavy (non-hydrogen) atoms. The lowest BCUT2D eigenvalue weighted by atomic mass is 10.0. The molecule has 3 heteroatoms. The van der Waals surface area contributed by atoms with Gasteiger partial charge in [0.05, 0.1) is 11.0 Å². The first kappa shape index (κ1) is 16.0. The topological polar surface area (TPSA) is 38.0 Å². The Labute approximate surface area is 128 Å². The second-order valence-electron chi connectivity index (χ2n) is 6.59. The third-order valence-corrected chi connectivity index (χ3v) is 4.01. The lowest BCUT2D eigenvalue weighted by Crippen LogP contribution is -2.07. The van der Waals surface area contributed by atoms with Gasteiger partial charge < -0.3 is 9.67 Å². The van der Waals surface area contributed by atoms with Crippen LogP contribution in [-0.4, -0.2) is 21.3 Å². The highest BCUT2D eigenvalue weighted by Crippen LogP contribution is 2.23. The Bertz CT molecular complexity index is 584. The number of aryl methyl sites for hydroxylation is 2. The number of hydrogen-bond donors (Lipinski definition) is 1. The average Bonchev–Trinajstić information content (AvgIpc) is 2.79. The Kier molecular flexibility index (Phi) is 5.40. The van der Waals surface area contributed by atoms with Crippen LogP contribution >= 0.6 is 0 Å². The summed E-state index contributed by atoms with van der Waals surface area (Å²) in [6, 6.07) is 6.64. The maximum atomic E-state index is 9.09. The minimum Gasteiger partial charge on any atom is -0.396 e. The van der Waals surface area contributed by atoms with Crippen molar-refractivity contribution in [2.24, 2.45) is 5.92 Å². The van der Waals surface area contributed by atoms with Gasteiger partial charge in [0.25, 0.3) is 0 Å². The van der Waals surface area contributed by atoms with Gasteiger partial charge in [-0.1, -0.05) is 33.8 Å². The number of nitrogens with zero attached hydrogens (tertiary/aromatic N) is 2. The van der Waals surface area contributed by atoms with Gasteiger partial charge in [0, 0.05) is 19.6 Å². The normalized spacial score (nSPS) is 12.0. The molecule has 2 aromatic rings. The number of aromatic nitrogens is 2. The van der Waals surface area contributed by atoms with E-state index in [1.54, 1.807) is 0 Å². The van der Waals surface area contributed by atoms with E-state index in [-0.39, 0.29) is 6.61 Å². The third-order valence-electron chi connectivity index (χ3n) is 4.01. The van der Waals surface area contributed by atoms with Crippen LogP contribution in [0.4, 0.5) is 0 Å². The molecule has 0 saturated carbocycles. The SMILES string of the molecule is CC(C)CCn1c(CCCO)nc2cc(C(C)C)ccc21. The molecule has 0 spiro atoms. The third kappa shape index (κ3) is 3.85. The minimum absolute atomic E-state index is 0.227. The largest absolute Gasteiger partial charge is 0.396 e. The van der Waals surface area contributed by atoms with E-state index < -0.39 is 0 Å². The van der Waals surface area contributed by atoms with Crippen LogP contribution < -0.4 is 0 Å². The fourth-order valence-corrected chi connectivity index (χ4v) is 2.62. The van der Waals surface area contributed by atoms with Crippen molar-refractivity contribution >= 4 is 11.0 Å². The van der Waals surface area contributed by atoms with Crippen molar-refractivity contribution in [3.05, 3.63) is 29.6 Å². The zero-order valence-electron chi connectivity index (χ0n) is 13.8. The average molecular weight is 288 g/mol. The lowest BCUT2D eigenvalue weighted by Gasteiger charge is -2.11. The van der Waals surface area contributed by atoms with Crippen molar-refractivity contribution in [1.29, 1.82) is 0 Å². The molecular formula is C18H28N2O. The van der Waals surface area contributed by atoms with Crippen molar-refractivity contribution in [1.82, 2.24) is 9.55 Å². The predicted octanol–water partition coefficient (Wildman–Crippen LogP) is 4.13. The van der Waals surface area contributed by atoms with Gasteiger partial charge in [-0.15, -0.1) is 0 Å². The van der Waals surface area contributed by atoms with Gasteiger partial charge in [-0.05, 0) is 42.4 Å². The molecule has 1 aromatic heterocycles. The highest BCUT2D eigenvalue weighted by Gasteiger charge is 2.12. The molecule has 2 rings (SSSR count). The molecule has 0 amide bonds. The van der Waals surface area contributed by atoms with Crippen molar-refractivity contribution < 1.29 is 5.11 Å². The second kappa shape index (κ2) is 7.08. The number of fused-ring (bicyclic) bond motifs is 1. The van der Waals surface area contributed by atoms with Crippen LogP contribution in [0.3, 0.4) is 0 Å². The van der Waals surface area contributed by atoms with Gasteiger partial charge in [-0.3, -0.25) is 0 Å². The van der Waals surface area contributed by atoms with Crippen molar-refractivity contribution in [2.75, 3.05) is 6.61 Å². The van der Waals surface area contributed by atoms with Crippen LogP contribution in [0.2, 0.25) is 0 Å². The molecule has 3 nitrogen and oxygen atoms in total. The molecule has 0 aliphatic heterocycles. The van der Waals surface area contributed by atoms with Crippen molar-refractivity contribution in [3.8, 4) is 0 Å². The van der Waals surface area contributed by atoms with Crippen LogP contribution in [-0.2, 0) is 13.0 Å². The number of aliphatic hydroxyl groups excluding tert-OH is 1. The van der Waals surface area contributed by atoms with Crippen LogP contribution in [0.5, 0.6) is 0 Å². The summed E-state index contributed by atoms with van der Waals surface area (Å²) >= 11 is 0.